The van der Waals surface area contributed by atoms with Crippen LogP contribution in [0.25, 0.3) is 0 Å². The van der Waals surface area contributed by atoms with Gasteiger partial charge in [-0.25, -0.2) is 0 Å². The fourth-order valence-corrected chi connectivity index (χ4v) is 2.57. The third-order valence-electron chi connectivity index (χ3n) is 3.42. The zero-order valence-corrected chi connectivity index (χ0v) is 11.4. The second-order valence-electron chi connectivity index (χ2n) is 4.68. The SMILES string of the molecule is CCc1c(N[C@H]2COC[C@@H]2C)ccc(C#N)c1Cl. The van der Waals surface area contributed by atoms with E-state index in [9.17, 15) is 0 Å². The first-order valence-electron chi connectivity index (χ1n) is 6.23. The molecule has 96 valence electrons. The van der Waals surface area contributed by atoms with Crippen molar-refractivity contribution in [1.29, 1.82) is 5.26 Å². The maximum Gasteiger partial charge on any atom is 0.101 e. The van der Waals surface area contributed by atoms with Gasteiger partial charge in [-0.15, -0.1) is 0 Å². The van der Waals surface area contributed by atoms with E-state index in [4.69, 9.17) is 21.6 Å². The molecule has 2 rings (SSSR count). The van der Waals surface area contributed by atoms with E-state index in [1.165, 1.54) is 0 Å². The first-order chi connectivity index (χ1) is 8.67. The van der Waals surface area contributed by atoms with Crippen LogP contribution in [0.15, 0.2) is 12.1 Å². The quantitative estimate of drug-likeness (QED) is 0.912. The van der Waals surface area contributed by atoms with Crippen LogP contribution in [0.1, 0.15) is 25.0 Å². The smallest absolute Gasteiger partial charge is 0.101 e. The van der Waals surface area contributed by atoms with Crippen LogP contribution in [-0.4, -0.2) is 19.3 Å². The Hall–Kier alpha value is -1.24. The molecule has 0 amide bonds. The van der Waals surface area contributed by atoms with Crippen LogP contribution < -0.4 is 5.32 Å². The summed E-state index contributed by atoms with van der Waals surface area (Å²) in [5, 5.41) is 13.0. The van der Waals surface area contributed by atoms with Crippen molar-refractivity contribution in [2.45, 2.75) is 26.3 Å². The van der Waals surface area contributed by atoms with Crippen molar-refractivity contribution in [3.8, 4) is 6.07 Å². The first kappa shape index (κ1) is 13.2. The standard InChI is InChI=1S/C14H17ClN2O/c1-3-11-12(5-4-10(6-16)14(11)15)17-13-8-18-7-9(13)2/h4-5,9,13,17H,3,7-8H2,1-2H3/t9-,13-/m0/s1. The number of rotatable bonds is 3. The molecule has 1 fully saturated rings. The molecule has 18 heavy (non-hydrogen) atoms. The van der Waals surface area contributed by atoms with E-state index in [1.807, 2.05) is 13.0 Å². The van der Waals surface area contributed by atoms with E-state index in [0.717, 1.165) is 30.9 Å². The van der Waals surface area contributed by atoms with Gasteiger partial charge in [0.05, 0.1) is 29.8 Å². The molecule has 1 aliphatic rings. The molecule has 0 aliphatic carbocycles. The summed E-state index contributed by atoms with van der Waals surface area (Å²) in [6, 6.07) is 6.14. The Balaban J connectivity index is 2.28. The van der Waals surface area contributed by atoms with Crippen LogP contribution in [0.5, 0.6) is 0 Å². The number of nitriles is 1. The van der Waals surface area contributed by atoms with Crippen LogP contribution in [0.2, 0.25) is 5.02 Å². The summed E-state index contributed by atoms with van der Waals surface area (Å²) in [5.74, 6) is 0.490. The van der Waals surface area contributed by atoms with Gasteiger partial charge in [-0.3, -0.25) is 0 Å². The highest BCUT2D eigenvalue weighted by molar-refractivity contribution is 6.32. The summed E-state index contributed by atoms with van der Waals surface area (Å²) in [4.78, 5) is 0. The van der Waals surface area contributed by atoms with Gasteiger partial charge in [0, 0.05) is 11.6 Å². The van der Waals surface area contributed by atoms with Crippen LogP contribution in [-0.2, 0) is 11.2 Å². The van der Waals surface area contributed by atoms with Crippen LogP contribution in [0.4, 0.5) is 5.69 Å². The molecule has 0 bridgehead atoms. The Bertz CT molecular complexity index is 481. The molecule has 0 unspecified atom stereocenters. The Morgan fingerprint density at radius 3 is 2.83 bits per heavy atom. The van der Waals surface area contributed by atoms with E-state index in [0.29, 0.717) is 22.5 Å². The molecule has 3 nitrogen and oxygen atoms in total. The summed E-state index contributed by atoms with van der Waals surface area (Å²) in [5.41, 5.74) is 2.56. The Kier molecular flexibility index (Phi) is 4.11. The van der Waals surface area contributed by atoms with Crippen LogP contribution >= 0.6 is 11.6 Å². The molecule has 4 heteroatoms. The molecule has 1 heterocycles. The van der Waals surface area contributed by atoms with Gasteiger partial charge in [-0.1, -0.05) is 25.4 Å². The second kappa shape index (κ2) is 5.60. The van der Waals surface area contributed by atoms with Crippen LogP contribution in [0.3, 0.4) is 0 Å². The zero-order chi connectivity index (χ0) is 13.1. The van der Waals surface area contributed by atoms with Gasteiger partial charge in [0.2, 0.25) is 0 Å². The number of ether oxygens (including phenoxy) is 1. The van der Waals surface area contributed by atoms with E-state index in [-0.39, 0.29) is 0 Å². The molecule has 0 saturated carbocycles. The monoisotopic (exact) mass is 264 g/mol. The summed E-state index contributed by atoms with van der Waals surface area (Å²) in [6.45, 7) is 5.73. The zero-order valence-electron chi connectivity index (χ0n) is 10.7. The number of benzene rings is 1. The highest BCUT2D eigenvalue weighted by atomic mass is 35.5. The predicted molar refractivity (Wildman–Crippen MR) is 72.9 cm³/mol. The van der Waals surface area contributed by atoms with Gasteiger partial charge >= 0.3 is 0 Å². The highest BCUT2D eigenvalue weighted by Gasteiger charge is 2.25. The molecule has 1 aromatic rings. The number of hydrogen-bond acceptors (Lipinski definition) is 3. The van der Waals surface area contributed by atoms with E-state index >= 15 is 0 Å². The topological polar surface area (TPSA) is 45.0 Å². The summed E-state index contributed by atoms with van der Waals surface area (Å²) in [6.07, 6.45) is 0.804. The molecular formula is C14H17ClN2O. The molecule has 1 N–H and O–H groups in total. The number of nitrogens with one attached hydrogen (secondary N) is 1. The third kappa shape index (κ3) is 2.45. The maximum absolute atomic E-state index is 8.98. The molecule has 1 saturated heterocycles. The normalized spacial score (nSPS) is 22.8. The summed E-state index contributed by atoms with van der Waals surface area (Å²) >= 11 is 6.24. The Morgan fingerprint density at radius 2 is 2.28 bits per heavy atom. The largest absolute Gasteiger partial charge is 0.379 e. The van der Waals surface area contributed by atoms with Crippen molar-refractivity contribution in [1.82, 2.24) is 0 Å². The van der Waals surface area contributed by atoms with Crippen molar-refractivity contribution in [3.05, 3.63) is 28.3 Å². The lowest BCUT2D eigenvalue weighted by Gasteiger charge is -2.20. The predicted octanol–water partition coefficient (Wildman–Crippen LogP) is 3.22. The minimum Gasteiger partial charge on any atom is -0.379 e. The van der Waals surface area contributed by atoms with E-state index < -0.39 is 0 Å². The molecule has 1 aliphatic heterocycles. The third-order valence-corrected chi connectivity index (χ3v) is 3.85. The molecule has 2 atom stereocenters. The molecule has 1 aromatic carbocycles. The highest BCUT2D eigenvalue weighted by Crippen LogP contribution is 2.30. The first-order valence-corrected chi connectivity index (χ1v) is 6.61. The number of hydrogen-bond donors (Lipinski definition) is 1. The molecule has 0 spiro atoms. The van der Waals surface area contributed by atoms with E-state index in [2.05, 4.69) is 18.3 Å². The lowest BCUT2D eigenvalue weighted by Crippen LogP contribution is -2.26. The number of anilines is 1. The molecular weight excluding hydrogens is 248 g/mol. The van der Waals surface area contributed by atoms with Crippen molar-refractivity contribution in [2.24, 2.45) is 5.92 Å². The maximum atomic E-state index is 8.98. The Labute approximate surface area is 113 Å². The van der Waals surface area contributed by atoms with Crippen molar-refractivity contribution >= 4 is 17.3 Å². The Morgan fingerprint density at radius 1 is 1.50 bits per heavy atom. The molecule has 0 radical (unpaired) electrons. The lowest BCUT2D eigenvalue weighted by molar-refractivity contribution is 0.187. The van der Waals surface area contributed by atoms with Crippen molar-refractivity contribution in [3.63, 3.8) is 0 Å². The number of nitrogens with zero attached hydrogens (tertiary/aromatic N) is 1. The second-order valence-corrected chi connectivity index (χ2v) is 5.06. The van der Waals surface area contributed by atoms with Crippen LogP contribution in [0, 0.1) is 17.2 Å². The van der Waals surface area contributed by atoms with Gasteiger partial charge < -0.3 is 10.1 Å². The van der Waals surface area contributed by atoms with E-state index in [1.54, 1.807) is 6.07 Å². The average Bonchev–Trinajstić information content (AvgIpc) is 2.76. The van der Waals surface area contributed by atoms with Crippen molar-refractivity contribution in [2.75, 3.05) is 18.5 Å². The minimum atomic E-state index is 0.319. The van der Waals surface area contributed by atoms with Gasteiger partial charge in [-0.2, -0.15) is 5.26 Å². The summed E-state index contributed by atoms with van der Waals surface area (Å²) < 4.78 is 5.44. The average molecular weight is 265 g/mol. The van der Waals surface area contributed by atoms with Gasteiger partial charge in [0.1, 0.15) is 6.07 Å². The number of halogens is 1. The van der Waals surface area contributed by atoms with Gasteiger partial charge in [-0.05, 0) is 24.1 Å². The summed E-state index contributed by atoms with van der Waals surface area (Å²) in [7, 11) is 0. The fourth-order valence-electron chi connectivity index (χ4n) is 2.23. The van der Waals surface area contributed by atoms with Gasteiger partial charge in [0.15, 0.2) is 0 Å². The minimum absolute atomic E-state index is 0.319. The lowest BCUT2D eigenvalue weighted by atomic mass is 10.0. The fraction of sp³-hybridized carbons (Fsp3) is 0.500. The van der Waals surface area contributed by atoms with Crippen molar-refractivity contribution < 1.29 is 4.74 Å². The van der Waals surface area contributed by atoms with Gasteiger partial charge in [0.25, 0.3) is 0 Å². The molecule has 0 aromatic heterocycles.